The monoisotopic (exact) mass is 450 g/mol. The third kappa shape index (κ3) is 6.22. The number of carbonyl (C=O) groups excluding carboxylic acids is 2. The topological polar surface area (TPSA) is 105 Å². The maximum atomic E-state index is 12.7. The van der Waals surface area contributed by atoms with Crippen molar-refractivity contribution in [2.45, 2.75) is 50.6 Å². The average molecular weight is 451 g/mol. The Morgan fingerprint density at radius 3 is 2.21 bits per heavy atom. The van der Waals surface area contributed by atoms with Crippen molar-refractivity contribution < 1.29 is 24.2 Å². The van der Waals surface area contributed by atoms with Crippen LogP contribution in [-0.2, 0) is 14.3 Å². The Kier molecular flexibility index (Phi) is 8.24. The van der Waals surface area contributed by atoms with Gasteiger partial charge in [0, 0.05) is 18.4 Å². The average Bonchev–Trinajstić information content (AvgIpc) is 3.12. The molecule has 2 unspecified atom stereocenters. The van der Waals surface area contributed by atoms with Crippen LogP contribution in [-0.4, -0.2) is 41.8 Å². The summed E-state index contributed by atoms with van der Waals surface area (Å²) in [7, 11) is 0. The van der Waals surface area contributed by atoms with Crippen molar-refractivity contribution >= 4 is 18.0 Å². The van der Waals surface area contributed by atoms with E-state index in [1.165, 1.54) is 0 Å². The largest absolute Gasteiger partial charge is 0.481 e. The first-order valence-electron chi connectivity index (χ1n) is 11.1. The summed E-state index contributed by atoms with van der Waals surface area (Å²) in [6.07, 6.45) is 2.17. The van der Waals surface area contributed by atoms with Gasteiger partial charge in [0.1, 0.15) is 12.6 Å². The number of carboxylic acid groups (broad SMARTS) is 1. The maximum Gasteiger partial charge on any atom is 0.407 e. The normalized spacial score (nSPS) is 13.8. The number of carboxylic acids is 1. The SMILES string of the molecule is C=CCCC(NC(=O)OCC1c2ccccc2-c2ccccc21)C(=O)NC(C)CCC(=O)O. The van der Waals surface area contributed by atoms with Gasteiger partial charge in [-0.1, -0.05) is 54.6 Å². The fraction of sp³-hybridized carbons (Fsp3) is 0.346. The highest BCUT2D eigenvalue weighted by Gasteiger charge is 2.29. The molecule has 2 atom stereocenters. The fourth-order valence-corrected chi connectivity index (χ4v) is 4.09. The van der Waals surface area contributed by atoms with Crippen LogP contribution in [0.4, 0.5) is 4.79 Å². The molecule has 0 saturated carbocycles. The van der Waals surface area contributed by atoms with E-state index in [1.54, 1.807) is 13.0 Å². The number of carbonyl (C=O) groups is 3. The van der Waals surface area contributed by atoms with Gasteiger partial charge in [0.25, 0.3) is 0 Å². The molecule has 2 aromatic carbocycles. The van der Waals surface area contributed by atoms with Gasteiger partial charge in [0.05, 0.1) is 0 Å². The van der Waals surface area contributed by atoms with E-state index < -0.39 is 18.1 Å². The molecule has 1 aliphatic carbocycles. The van der Waals surface area contributed by atoms with Crippen molar-refractivity contribution in [2.24, 2.45) is 0 Å². The van der Waals surface area contributed by atoms with Crippen molar-refractivity contribution in [3.05, 3.63) is 72.3 Å². The second-order valence-electron chi connectivity index (χ2n) is 8.23. The minimum atomic E-state index is -0.920. The molecule has 2 amide bonds. The third-order valence-corrected chi connectivity index (χ3v) is 5.79. The molecule has 0 radical (unpaired) electrons. The van der Waals surface area contributed by atoms with Gasteiger partial charge in [0.2, 0.25) is 5.91 Å². The summed E-state index contributed by atoms with van der Waals surface area (Å²) < 4.78 is 5.55. The van der Waals surface area contributed by atoms with E-state index in [1.807, 2.05) is 36.4 Å². The van der Waals surface area contributed by atoms with Gasteiger partial charge in [-0.2, -0.15) is 0 Å². The van der Waals surface area contributed by atoms with Crippen molar-refractivity contribution in [2.75, 3.05) is 6.61 Å². The molecule has 7 nitrogen and oxygen atoms in total. The number of amides is 2. The van der Waals surface area contributed by atoms with Crippen LogP contribution in [0, 0.1) is 0 Å². The molecule has 33 heavy (non-hydrogen) atoms. The molecule has 0 spiro atoms. The molecule has 3 N–H and O–H groups in total. The number of allylic oxidation sites excluding steroid dienone is 1. The number of ether oxygens (including phenoxy) is 1. The summed E-state index contributed by atoms with van der Waals surface area (Å²) in [5, 5.41) is 14.2. The van der Waals surface area contributed by atoms with Crippen LogP contribution < -0.4 is 10.6 Å². The summed E-state index contributed by atoms with van der Waals surface area (Å²) in [5.41, 5.74) is 4.50. The molecule has 174 valence electrons. The number of fused-ring (bicyclic) bond motifs is 3. The first-order valence-corrected chi connectivity index (χ1v) is 11.1. The molecule has 0 fully saturated rings. The van der Waals surface area contributed by atoms with Gasteiger partial charge in [-0.05, 0) is 48.4 Å². The van der Waals surface area contributed by atoms with E-state index in [0.717, 1.165) is 22.3 Å². The first kappa shape index (κ1) is 24.0. The molecule has 7 heteroatoms. The van der Waals surface area contributed by atoms with Crippen molar-refractivity contribution in [1.82, 2.24) is 10.6 Å². The number of nitrogens with one attached hydrogen (secondary N) is 2. The van der Waals surface area contributed by atoms with Crippen LogP contribution in [0.15, 0.2) is 61.2 Å². The lowest BCUT2D eigenvalue weighted by atomic mass is 9.98. The lowest BCUT2D eigenvalue weighted by Gasteiger charge is -2.21. The predicted octanol–water partition coefficient (Wildman–Crippen LogP) is 4.23. The van der Waals surface area contributed by atoms with Gasteiger partial charge in [0.15, 0.2) is 0 Å². The molecule has 0 saturated heterocycles. The van der Waals surface area contributed by atoms with Gasteiger partial charge in [-0.3, -0.25) is 9.59 Å². The zero-order valence-electron chi connectivity index (χ0n) is 18.8. The van der Waals surface area contributed by atoms with Crippen LogP contribution >= 0.6 is 0 Å². The van der Waals surface area contributed by atoms with E-state index in [0.29, 0.717) is 19.3 Å². The Balaban J connectivity index is 1.61. The highest BCUT2D eigenvalue weighted by molar-refractivity contribution is 5.86. The minimum Gasteiger partial charge on any atom is -0.481 e. The summed E-state index contributed by atoms with van der Waals surface area (Å²) in [6.45, 7) is 5.56. The van der Waals surface area contributed by atoms with Gasteiger partial charge in [-0.25, -0.2) is 4.79 Å². The number of aliphatic carboxylic acids is 1. The molecule has 2 aromatic rings. The quantitative estimate of drug-likeness (QED) is 0.445. The van der Waals surface area contributed by atoms with E-state index in [-0.39, 0.29) is 30.9 Å². The Morgan fingerprint density at radius 2 is 1.64 bits per heavy atom. The van der Waals surface area contributed by atoms with Gasteiger partial charge in [-0.15, -0.1) is 6.58 Å². The van der Waals surface area contributed by atoms with Crippen molar-refractivity contribution in [3.63, 3.8) is 0 Å². The smallest absolute Gasteiger partial charge is 0.407 e. The number of hydrogen-bond donors (Lipinski definition) is 3. The number of benzene rings is 2. The zero-order chi connectivity index (χ0) is 23.8. The van der Waals surface area contributed by atoms with Gasteiger partial charge < -0.3 is 20.5 Å². The van der Waals surface area contributed by atoms with E-state index >= 15 is 0 Å². The molecule has 0 bridgehead atoms. The number of hydrogen-bond acceptors (Lipinski definition) is 4. The summed E-state index contributed by atoms with van der Waals surface area (Å²) in [5.74, 6) is -1.36. The summed E-state index contributed by atoms with van der Waals surface area (Å²) >= 11 is 0. The van der Waals surface area contributed by atoms with Crippen molar-refractivity contribution in [3.8, 4) is 11.1 Å². The molecule has 0 aliphatic heterocycles. The Hall–Kier alpha value is -3.61. The molecule has 3 rings (SSSR count). The summed E-state index contributed by atoms with van der Waals surface area (Å²) in [6, 6.07) is 15.0. The molecule has 1 aliphatic rings. The van der Waals surface area contributed by atoms with Crippen LogP contribution in [0.25, 0.3) is 11.1 Å². The fourth-order valence-electron chi connectivity index (χ4n) is 4.09. The highest BCUT2D eigenvalue weighted by Crippen LogP contribution is 2.44. The molecular weight excluding hydrogens is 420 g/mol. The standard InChI is InChI=1S/C26H30N2O5/c1-3-4-13-23(25(31)27-17(2)14-15-24(29)30)28-26(32)33-16-22-20-11-7-5-9-18(20)19-10-6-8-12-21(19)22/h3,5-12,17,22-23H,1,4,13-16H2,2H3,(H,27,31)(H,28,32)(H,29,30). The van der Waals surface area contributed by atoms with Crippen LogP contribution in [0.1, 0.15) is 49.7 Å². The Morgan fingerprint density at radius 1 is 1.03 bits per heavy atom. The van der Waals surface area contributed by atoms with E-state index in [9.17, 15) is 14.4 Å². The van der Waals surface area contributed by atoms with E-state index in [2.05, 4.69) is 29.3 Å². The molecular formula is C26H30N2O5. The minimum absolute atomic E-state index is 0.0431. The molecule has 0 heterocycles. The van der Waals surface area contributed by atoms with Crippen molar-refractivity contribution in [1.29, 1.82) is 0 Å². The van der Waals surface area contributed by atoms with Crippen LogP contribution in [0.5, 0.6) is 0 Å². The third-order valence-electron chi connectivity index (χ3n) is 5.79. The Labute approximate surface area is 193 Å². The zero-order valence-corrected chi connectivity index (χ0v) is 18.8. The first-order chi connectivity index (χ1) is 15.9. The van der Waals surface area contributed by atoms with E-state index in [4.69, 9.17) is 9.84 Å². The predicted molar refractivity (Wildman–Crippen MR) is 126 cm³/mol. The van der Waals surface area contributed by atoms with Crippen LogP contribution in [0.2, 0.25) is 0 Å². The second kappa shape index (κ2) is 11.3. The highest BCUT2D eigenvalue weighted by atomic mass is 16.5. The lowest BCUT2D eigenvalue weighted by molar-refractivity contribution is -0.137. The second-order valence-corrected chi connectivity index (χ2v) is 8.23. The summed E-state index contributed by atoms with van der Waals surface area (Å²) in [4.78, 5) is 36.0. The molecule has 0 aromatic heterocycles. The van der Waals surface area contributed by atoms with Crippen LogP contribution in [0.3, 0.4) is 0 Å². The Bertz CT molecular complexity index is 974. The van der Waals surface area contributed by atoms with Gasteiger partial charge >= 0.3 is 12.1 Å². The lowest BCUT2D eigenvalue weighted by Crippen LogP contribution is -2.49. The maximum absolute atomic E-state index is 12.7. The number of alkyl carbamates (subject to hydrolysis) is 1. The number of rotatable bonds is 11.